The number of nitrogens with one attached hydrogen (secondary N) is 2. The van der Waals surface area contributed by atoms with Crippen LogP contribution in [0.4, 0.5) is 0 Å². The van der Waals surface area contributed by atoms with E-state index < -0.39 is 0 Å². The Labute approximate surface area is 185 Å². The lowest BCUT2D eigenvalue weighted by molar-refractivity contribution is -0.121. The normalized spacial score (nSPS) is 16.0. The second kappa shape index (κ2) is 12.7. The van der Waals surface area contributed by atoms with Crippen molar-refractivity contribution in [2.45, 2.75) is 32.3 Å². The Bertz CT molecular complexity index is 634. The summed E-state index contributed by atoms with van der Waals surface area (Å²) in [5.74, 6) is 3.03. The lowest BCUT2D eigenvalue weighted by Crippen LogP contribution is -2.48. The fourth-order valence-corrected chi connectivity index (χ4v) is 3.23. The van der Waals surface area contributed by atoms with Gasteiger partial charge in [0.2, 0.25) is 5.91 Å². The van der Waals surface area contributed by atoms with Gasteiger partial charge in [0.1, 0.15) is 17.6 Å². The molecule has 1 amide bonds. The van der Waals surface area contributed by atoms with Gasteiger partial charge in [0, 0.05) is 39.7 Å². The summed E-state index contributed by atoms with van der Waals surface area (Å²) in [5, 5.41) is 6.10. The third kappa shape index (κ3) is 7.73. The van der Waals surface area contributed by atoms with Crippen LogP contribution in [0.5, 0.6) is 11.5 Å². The second-order valence-corrected chi connectivity index (χ2v) is 6.84. The number of ether oxygens (including phenoxy) is 2. The molecule has 1 aliphatic rings. The molecule has 1 aromatic rings. The zero-order valence-electron chi connectivity index (χ0n) is 17.2. The van der Waals surface area contributed by atoms with Gasteiger partial charge in [0.25, 0.3) is 0 Å². The molecular formula is C20H33IN4O3. The van der Waals surface area contributed by atoms with Crippen molar-refractivity contribution in [2.24, 2.45) is 10.9 Å². The fourth-order valence-electron chi connectivity index (χ4n) is 3.23. The summed E-state index contributed by atoms with van der Waals surface area (Å²) >= 11 is 0. The van der Waals surface area contributed by atoms with Crippen molar-refractivity contribution in [2.75, 3.05) is 40.8 Å². The predicted molar refractivity (Wildman–Crippen MR) is 123 cm³/mol. The van der Waals surface area contributed by atoms with Crippen molar-refractivity contribution in [1.29, 1.82) is 0 Å². The minimum Gasteiger partial charge on any atom is -0.497 e. The highest BCUT2D eigenvalue weighted by atomic mass is 127. The number of hydrogen-bond donors (Lipinski definition) is 2. The van der Waals surface area contributed by atoms with Crippen molar-refractivity contribution in [3.05, 3.63) is 24.3 Å². The second-order valence-electron chi connectivity index (χ2n) is 6.84. The van der Waals surface area contributed by atoms with Crippen LogP contribution in [-0.4, -0.2) is 63.7 Å². The molecule has 1 saturated heterocycles. The smallest absolute Gasteiger partial charge is 0.220 e. The largest absolute Gasteiger partial charge is 0.497 e. The lowest BCUT2D eigenvalue weighted by atomic mass is 9.93. The van der Waals surface area contributed by atoms with Crippen LogP contribution in [0.1, 0.15) is 26.2 Å². The molecule has 0 aromatic heterocycles. The number of methoxy groups -OCH3 is 1. The maximum Gasteiger partial charge on any atom is 0.220 e. The average Bonchev–Trinajstić information content (AvgIpc) is 2.69. The quantitative estimate of drug-likeness (QED) is 0.339. The van der Waals surface area contributed by atoms with Crippen LogP contribution >= 0.6 is 24.0 Å². The van der Waals surface area contributed by atoms with E-state index in [1.165, 1.54) is 0 Å². The summed E-state index contributed by atoms with van der Waals surface area (Å²) in [4.78, 5) is 18.2. The first-order chi connectivity index (χ1) is 13.0. The van der Waals surface area contributed by atoms with E-state index in [9.17, 15) is 4.79 Å². The standard InChI is InChI=1S/C20H32N4O3.HI/c1-15(27-18-7-5-6-17(13-18)26-4)14-23-20(22-3)24-10-8-16(9-11-24)12-19(25)21-2;/h5-7,13,15-16H,8-12,14H2,1-4H3,(H,21,25)(H,22,23);1H. The first kappa shape index (κ1) is 24.3. The minimum atomic E-state index is -0.0142. The number of guanidine groups is 1. The van der Waals surface area contributed by atoms with Crippen molar-refractivity contribution < 1.29 is 14.3 Å². The molecule has 0 saturated carbocycles. The Morgan fingerprint density at radius 1 is 1.32 bits per heavy atom. The molecule has 2 rings (SSSR count). The van der Waals surface area contributed by atoms with E-state index in [0.29, 0.717) is 18.9 Å². The maximum absolute atomic E-state index is 11.5. The Hall–Kier alpha value is -1.71. The highest BCUT2D eigenvalue weighted by molar-refractivity contribution is 14.0. The van der Waals surface area contributed by atoms with Gasteiger partial charge in [-0.2, -0.15) is 0 Å². The van der Waals surface area contributed by atoms with Gasteiger partial charge in [-0.1, -0.05) is 6.07 Å². The topological polar surface area (TPSA) is 75.2 Å². The van der Waals surface area contributed by atoms with Crippen LogP contribution in [0, 0.1) is 5.92 Å². The zero-order chi connectivity index (χ0) is 19.6. The first-order valence-corrected chi connectivity index (χ1v) is 9.52. The molecule has 1 atom stereocenters. The van der Waals surface area contributed by atoms with Crippen LogP contribution < -0.4 is 20.1 Å². The van der Waals surface area contributed by atoms with E-state index in [-0.39, 0.29) is 36.0 Å². The van der Waals surface area contributed by atoms with E-state index in [0.717, 1.165) is 43.4 Å². The Morgan fingerprint density at radius 2 is 2.00 bits per heavy atom. The van der Waals surface area contributed by atoms with Gasteiger partial charge in [-0.3, -0.25) is 9.79 Å². The van der Waals surface area contributed by atoms with Crippen molar-refractivity contribution >= 4 is 35.8 Å². The molecule has 2 N–H and O–H groups in total. The van der Waals surface area contributed by atoms with Gasteiger partial charge in [-0.25, -0.2) is 0 Å². The van der Waals surface area contributed by atoms with E-state index in [1.807, 2.05) is 31.2 Å². The summed E-state index contributed by atoms with van der Waals surface area (Å²) < 4.78 is 11.2. The molecule has 28 heavy (non-hydrogen) atoms. The van der Waals surface area contributed by atoms with Crippen molar-refractivity contribution in [3.8, 4) is 11.5 Å². The van der Waals surface area contributed by atoms with E-state index in [1.54, 1.807) is 21.2 Å². The van der Waals surface area contributed by atoms with Crippen LogP contribution in [0.2, 0.25) is 0 Å². The van der Waals surface area contributed by atoms with Gasteiger partial charge < -0.3 is 25.0 Å². The molecule has 1 unspecified atom stereocenters. The lowest BCUT2D eigenvalue weighted by Gasteiger charge is -2.34. The predicted octanol–water partition coefficient (Wildman–Crippen LogP) is 2.50. The van der Waals surface area contributed by atoms with Crippen molar-refractivity contribution in [3.63, 3.8) is 0 Å². The molecule has 158 valence electrons. The molecule has 1 aromatic carbocycles. The van der Waals surface area contributed by atoms with Crippen LogP contribution in [0.3, 0.4) is 0 Å². The fraction of sp³-hybridized carbons (Fsp3) is 0.600. The number of benzene rings is 1. The SMILES string of the molecule is CN=C(NCC(C)Oc1cccc(OC)c1)N1CCC(CC(=O)NC)CC1.I. The first-order valence-electron chi connectivity index (χ1n) is 9.52. The van der Waals surface area contributed by atoms with E-state index in [4.69, 9.17) is 9.47 Å². The third-order valence-corrected chi connectivity index (χ3v) is 4.80. The molecule has 0 spiro atoms. The molecule has 0 bridgehead atoms. The van der Waals surface area contributed by atoms with Crippen LogP contribution in [-0.2, 0) is 4.79 Å². The van der Waals surface area contributed by atoms with E-state index in [2.05, 4.69) is 20.5 Å². The summed E-state index contributed by atoms with van der Waals surface area (Å²) in [6.45, 7) is 4.50. The molecule has 1 aliphatic heterocycles. The number of nitrogens with zero attached hydrogens (tertiary/aromatic N) is 2. The zero-order valence-corrected chi connectivity index (χ0v) is 19.6. The number of rotatable bonds is 7. The monoisotopic (exact) mass is 504 g/mol. The number of carbonyl (C=O) groups is 1. The number of piperidine rings is 1. The highest BCUT2D eigenvalue weighted by Gasteiger charge is 2.23. The molecule has 1 fully saturated rings. The Kier molecular flexibility index (Phi) is 11.0. The van der Waals surface area contributed by atoms with E-state index >= 15 is 0 Å². The molecule has 0 radical (unpaired) electrons. The number of aliphatic imine (C=N–C) groups is 1. The van der Waals surface area contributed by atoms with Gasteiger partial charge in [-0.05, 0) is 37.8 Å². The average molecular weight is 504 g/mol. The van der Waals surface area contributed by atoms with Crippen molar-refractivity contribution in [1.82, 2.24) is 15.5 Å². The number of likely N-dealkylation sites (tertiary alicyclic amines) is 1. The summed E-state index contributed by atoms with van der Waals surface area (Å²) in [5.41, 5.74) is 0. The maximum atomic E-state index is 11.5. The van der Waals surface area contributed by atoms with Gasteiger partial charge in [-0.15, -0.1) is 24.0 Å². The summed E-state index contributed by atoms with van der Waals surface area (Å²) in [6, 6.07) is 7.61. The molecule has 8 heteroatoms. The molecule has 7 nitrogen and oxygen atoms in total. The number of halogens is 1. The number of amides is 1. The van der Waals surface area contributed by atoms with Gasteiger partial charge in [0.05, 0.1) is 13.7 Å². The molecule has 0 aliphatic carbocycles. The highest BCUT2D eigenvalue weighted by Crippen LogP contribution is 2.21. The Balaban J connectivity index is 0.00000392. The number of carbonyl (C=O) groups excluding carboxylic acids is 1. The summed E-state index contributed by atoms with van der Waals surface area (Å²) in [7, 11) is 5.14. The van der Waals surface area contributed by atoms with Crippen LogP contribution in [0.15, 0.2) is 29.3 Å². The molecular weight excluding hydrogens is 471 g/mol. The Morgan fingerprint density at radius 3 is 2.61 bits per heavy atom. The molecule has 1 heterocycles. The third-order valence-electron chi connectivity index (χ3n) is 4.80. The van der Waals surface area contributed by atoms with Gasteiger partial charge >= 0.3 is 0 Å². The van der Waals surface area contributed by atoms with Gasteiger partial charge in [0.15, 0.2) is 5.96 Å². The van der Waals surface area contributed by atoms with Crippen LogP contribution in [0.25, 0.3) is 0 Å². The minimum absolute atomic E-state index is 0. The summed E-state index contributed by atoms with van der Waals surface area (Å²) in [6.07, 6.45) is 2.61. The number of hydrogen-bond acceptors (Lipinski definition) is 4.